The van der Waals surface area contributed by atoms with Crippen LogP contribution in [0.1, 0.15) is 11.1 Å². The summed E-state index contributed by atoms with van der Waals surface area (Å²) in [7, 11) is 0. The first-order valence-electron chi connectivity index (χ1n) is 4.27. The van der Waals surface area contributed by atoms with Gasteiger partial charge >= 0.3 is 11.9 Å². The van der Waals surface area contributed by atoms with Crippen LogP contribution in [0.25, 0.3) is 0 Å². The van der Waals surface area contributed by atoms with Crippen molar-refractivity contribution in [1.29, 1.82) is 0 Å². The maximum atomic E-state index is 9.10. The van der Waals surface area contributed by atoms with E-state index in [0.717, 1.165) is 11.1 Å². The first kappa shape index (κ1) is 14.1. The quantitative estimate of drug-likeness (QED) is 0.522. The Hall–Kier alpha value is -1.92. The molecule has 0 aliphatic heterocycles. The Kier molecular flexibility index (Phi) is 6.50. The van der Waals surface area contributed by atoms with Crippen molar-refractivity contribution < 1.29 is 30.0 Å². The average Bonchev–Trinajstić information content (AvgIpc) is 2.30. The lowest BCUT2D eigenvalue weighted by molar-refractivity contribution is -0.159. The zero-order valence-electron chi connectivity index (χ0n) is 8.33. The highest BCUT2D eigenvalue weighted by Crippen LogP contribution is 2.03. The van der Waals surface area contributed by atoms with E-state index in [1.165, 1.54) is 0 Å². The Morgan fingerprint density at radius 1 is 0.812 bits per heavy atom. The second kappa shape index (κ2) is 7.38. The van der Waals surface area contributed by atoms with Crippen molar-refractivity contribution in [3.05, 3.63) is 35.4 Å². The summed E-state index contributed by atoms with van der Waals surface area (Å²) in [5, 5.41) is 32.1. The number of aliphatic carboxylic acids is 2. The largest absolute Gasteiger partial charge is 0.473 e. The van der Waals surface area contributed by atoms with E-state index in [1.807, 2.05) is 0 Å². The van der Waals surface area contributed by atoms with Gasteiger partial charge in [-0.2, -0.15) is 0 Å². The van der Waals surface area contributed by atoms with Crippen molar-refractivity contribution in [3.63, 3.8) is 0 Å². The summed E-state index contributed by atoms with van der Waals surface area (Å²) in [5.41, 5.74) is 1.74. The monoisotopic (exact) mass is 228 g/mol. The molecule has 4 N–H and O–H groups in total. The molecule has 0 bridgehead atoms. The van der Waals surface area contributed by atoms with Crippen LogP contribution in [0.5, 0.6) is 0 Å². The fraction of sp³-hybridized carbons (Fsp3) is 0.200. The number of hydrogen-bond donors (Lipinski definition) is 4. The Morgan fingerprint density at radius 2 is 1.06 bits per heavy atom. The van der Waals surface area contributed by atoms with Gasteiger partial charge in [-0.25, -0.2) is 9.59 Å². The zero-order chi connectivity index (χ0) is 12.6. The number of carbonyl (C=O) groups is 2. The summed E-state index contributed by atoms with van der Waals surface area (Å²) in [6.07, 6.45) is 0. The summed E-state index contributed by atoms with van der Waals surface area (Å²) < 4.78 is 0. The van der Waals surface area contributed by atoms with Crippen molar-refractivity contribution in [3.8, 4) is 0 Å². The molecule has 1 rings (SSSR count). The molecule has 0 amide bonds. The second-order valence-electron chi connectivity index (χ2n) is 2.74. The van der Waals surface area contributed by atoms with E-state index in [1.54, 1.807) is 24.3 Å². The van der Waals surface area contributed by atoms with Gasteiger partial charge in [0, 0.05) is 0 Å². The van der Waals surface area contributed by atoms with E-state index in [0.29, 0.717) is 0 Å². The summed E-state index contributed by atoms with van der Waals surface area (Å²) in [6, 6.07) is 7.19. The molecule has 1 aromatic carbocycles. The molecule has 0 fully saturated rings. The van der Waals surface area contributed by atoms with Crippen LogP contribution in [0.3, 0.4) is 0 Å². The summed E-state index contributed by atoms with van der Waals surface area (Å²) in [4.78, 5) is 18.2. The van der Waals surface area contributed by atoms with Gasteiger partial charge < -0.3 is 20.4 Å². The SMILES string of the molecule is O=C(O)C(=O)O.OCc1ccc(CO)cc1. The number of carboxylic acids is 2. The number of benzene rings is 1. The highest BCUT2D eigenvalue weighted by atomic mass is 16.4. The van der Waals surface area contributed by atoms with E-state index in [2.05, 4.69) is 0 Å². The minimum atomic E-state index is -1.82. The zero-order valence-corrected chi connectivity index (χ0v) is 8.33. The smallest absolute Gasteiger partial charge is 0.414 e. The number of aliphatic hydroxyl groups is 2. The van der Waals surface area contributed by atoms with Gasteiger partial charge in [-0.3, -0.25) is 0 Å². The number of rotatable bonds is 2. The highest BCUT2D eigenvalue weighted by Gasteiger charge is 2.04. The van der Waals surface area contributed by atoms with Crippen LogP contribution in [0.2, 0.25) is 0 Å². The third-order valence-electron chi connectivity index (χ3n) is 1.57. The van der Waals surface area contributed by atoms with Crippen LogP contribution in [-0.2, 0) is 22.8 Å². The number of hydrogen-bond acceptors (Lipinski definition) is 4. The van der Waals surface area contributed by atoms with Crippen LogP contribution in [-0.4, -0.2) is 32.4 Å². The molecule has 1 aromatic rings. The predicted molar refractivity (Wildman–Crippen MR) is 53.6 cm³/mol. The van der Waals surface area contributed by atoms with Gasteiger partial charge in [0.1, 0.15) is 0 Å². The lowest BCUT2D eigenvalue weighted by Gasteiger charge is -1.96. The molecule has 0 saturated heterocycles. The van der Waals surface area contributed by atoms with Crippen molar-refractivity contribution in [1.82, 2.24) is 0 Å². The van der Waals surface area contributed by atoms with Crippen molar-refractivity contribution in [2.75, 3.05) is 0 Å². The molecule has 0 aliphatic rings. The molecule has 0 aromatic heterocycles. The second-order valence-corrected chi connectivity index (χ2v) is 2.74. The topological polar surface area (TPSA) is 115 Å². The van der Waals surface area contributed by atoms with E-state index in [4.69, 9.17) is 30.0 Å². The minimum absolute atomic E-state index is 0.0612. The lowest BCUT2D eigenvalue weighted by Crippen LogP contribution is -2.09. The third-order valence-corrected chi connectivity index (χ3v) is 1.57. The normalized spacial score (nSPS) is 8.88. The van der Waals surface area contributed by atoms with Gasteiger partial charge in [-0.1, -0.05) is 24.3 Å². The number of aliphatic hydroxyl groups excluding tert-OH is 2. The maximum Gasteiger partial charge on any atom is 0.414 e. The highest BCUT2D eigenvalue weighted by molar-refractivity contribution is 6.27. The molecule has 0 unspecified atom stereocenters. The summed E-state index contributed by atoms with van der Waals surface area (Å²) in [6.45, 7) is 0.122. The van der Waals surface area contributed by atoms with Crippen LogP contribution in [0, 0.1) is 0 Å². The van der Waals surface area contributed by atoms with Crippen molar-refractivity contribution in [2.45, 2.75) is 13.2 Å². The molecule has 0 saturated carbocycles. The van der Waals surface area contributed by atoms with Gasteiger partial charge in [-0.15, -0.1) is 0 Å². The average molecular weight is 228 g/mol. The molecular weight excluding hydrogens is 216 g/mol. The fourth-order valence-electron chi connectivity index (χ4n) is 0.750. The summed E-state index contributed by atoms with van der Waals surface area (Å²) in [5.74, 6) is -3.65. The molecule has 0 aliphatic carbocycles. The minimum Gasteiger partial charge on any atom is -0.473 e. The van der Waals surface area contributed by atoms with E-state index in [-0.39, 0.29) is 13.2 Å². The van der Waals surface area contributed by atoms with Crippen LogP contribution < -0.4 is 0 Å². The predicted octanol–water partition coefficient (Wildman–Crippen LogP) is -0.173. The van der Waals surface area contributed by atoms with Crippen LogP contribution in [0.4, 0.5) is 0 Å². The van der Waals surface area contributed by atoms with E-state index in [9.17, 15) is 0 Å². The Balaban J connectivity index is 0.000000325. The Bertz CT molecular complexity index is 308. The third kappa shape index (κ3) is 5.74. The van der Waals surface area contributed by atoms with Gasteiger partial charge in [0.25, 0.3) is 0 Å². The van der Waals surface area contributed by atoms with Crippen LogP contribution >= 0.6 is 0 Å². The lowest BCUT2D eigenvalue weighted by atomic mass is 10.1. The van der Waals surface area contributed by atoms with Crippen molar-refractivity contribution in [2.24, 2.45) is 0 Å². The molecule has 6 nitrogen and oxygen atoms in total. The molecule has 88 valence electrons. The van der Waals surface area contributed by atoms with Crippen LogP contribution in [0.15, 0.2) is 24.3 Å². The molecule has 0 atom stereocenters. The van der Waals surface area contributed by atoms with E-state index < -0.39 is 11.9 Å². The Labute approximate surface area is 91.4 Å². The standard InChI is InChI=1S/C8H10O2.C2H2O4/c9-5-7-1-2-8(6-10)4-3-7;3-1(4)2(5)6/h1-4,9-10H,5-6H2;(H,3,4)(H,5,6). The van der Waals surface area contributed by atoms with E-state index >= 15 is 0 Å². The van der Waals surface area contributed by atoms with Crippen molar-refractivity contribution >= 4 is 11.9 Å². The van der Waals surface area contributed by atoms with Gasteiger partial charge in [0.2, 0.25) is 0 Å². The first-order valence-corrected chi connectivity index (χ1v) is 4.27. The van der Waals surface area contributed by atoms with Gasteiger partial charge in [0.05, 0.1) is 13.2 Å². The first-order chi connectivity index (χ1) is 7.51. The Morgan fingerprint density at radius 3 is 1.19 bits per heavy atom. The molecule has 6 heteroatoms. The molecule has 0 radical (unpaired) electrons. The molecular formula is C10H12O6. The molecule has 0 heterocycles. The molecule has 16 heavy (non-hydrogen) atoms. The molecule has 0 spiro atoms. The summed E-state index contributed by atoms with van der Waals surface area (Å²) >= 11 is 0. The van der Waals surface area contributed by atoms with Gasteiger partial charge in [0.15, 0.2) is 0 Å². The number of carboxylic acid groups (broad SMARTS) is 2. The maximum absolute atomic E-state index is 9.10. The fourth-order valence-corrected chi connectivity index (χ4v) is 0.750. The van der Waals surface area contributed by atoms with Gasteiger partial charge in [-0.05, 0) is 11.1 Å².